The number of hydrogen-bond acceptors (Lipinski definition) is 5. The van der Waals surface area contributed by atoms with Crippen molar-refractivity contribution in [1.82, 2.24) is 19.7 Å². The van der Waals surface area contributed by atoms with Crippen LogP contribution in [-0.2, 0) is 26.1 Å². The Balaban J connectivity index is 0.00000103. The van der Waals surface area contributed by atoms with Gasteiger partial charge in [-0.25, -0.2) is 0 Å². The van der Waals surface area contributed by atoms with Crippen LogP contribution >= 0.6 is 0 Å². The fourth-order valence-electron chi connectivity index (χ4n) is 4.39. The molecule has 3 N–H and O–H groups in total. The maximum Gasteiger partial charge on any atom is 0.251 e. The Morgan fingerprint density at radius 2 is 1.51 bits per heavy atom. The molecule has 1 saturated heterocycles. The molecule has 7 heteroatoms. The van der Waals surface area contributed by atoms with E-state index in [-0.39, 0.29) is 5.91 Å². The van der Waals surface area contributed by atoms with Crippen LogP contribution in [0.2, 0.25) is 0 Å². The smallest absolute Gasteiger partial charge is 0.251 e. The number of carbonyl (C=O) groups is 1. The van der Waals surface area contributed by atoms with E-state index in [4.69, 9.17) is 10.2 Å². The summed E-state index contributed by atoms with van der Waals surface area (Å²) in [7, 11) is 4.19. The monoisotopic (exact) mass is 482 g/mol. The molecule has 1 aliphatic heterocycles. The number of aliphatic hydroxyl groups excluding tert-OH is 2. The predicted molar refractivity (Wildman–Crippen MR) is 144 cm³/mol. The number of aliphatic hydroxyl groups is 2. The van der Waals surface area contributed by atoms with Gasteiger partial charge in [0.2, 0.25) is 0 Å². The second-order valence-corrected chi connectivity index (χ2v) is 8.59. The second kappa shape index (κ2) is 14.6. The van der Waals surface area contributed by atoms with Gasteiger partial charge in [0, 0.05) is 82.2 Å². The summed E-state index contributed by atoms with van der Waals surface area (Å²) in [5, 5.41) is 18.2. The standard InChI is InChI=1S/C26H34N4O.2CH4O/c1-4-20-6-8-21(9-7-20)18-27-26(31)22-10-11-25-23(16-22)17-24(30(25)5-2)19-29-14-12-28(3)13-15-29;2*1-2/h6-11,16-17H,4-5,12-15,18-19H2,1-3H3,(H,27,31);2*2H,1H3. The molecule has 7 nitrogen and oxygen atoms in total. The van der Waals surface area contributed by atoms with Gasteiger partial charge in [0.25, 0.3) is 5.91 Å². The van der Waals surface area contributed by atoms with E-state index in [0.717, 1.165) is 76.4 Å². The minimum Gasteiger partial charge on any atom is -0.400 e. The average molecular weight is 483 g/mol. The van der Waals surface area contributed by atoms with Crippen molar-refractivity contribution in [3.8, 4) is 0 Å². The number of likely N-dealkylation sites (N-methyl/N-ethyl adjacent to an activating group) is 1. The highest BCUT2D eigenvalue weighted by Gasteiger charge is 2.17. The molecule has 3 aromatic rings. The van der Waals surface area contributed by atoms with Gasteiger partial charge >= 0.3 is 0 Å². The van der Waals surface area contributed by atoms with Crippen molar-refractivity contribution < 1.29 is 15.0 Å². The first-order valence-corrected chi connectivity index (χ1v) is 12.4. The highest BCUT2D eigenvalue weighted by Crippen LogP contribution is 2.23. The normalized spacial score (nSPS) is 14.0. The van der Waals surface area contributed by atoms with Gasteiger partial charge in [-0.2, -0.15) is 0 Å². The number of aryl methyl sites for hydroxylation is 2. The van der Waals surface area contributed by atoms with E-state index in [2.05, 4.69) is 77.0 Å². The van der Waals surface area contributed by atoms with Crippen molar-refractivity contribution >= 4 is 16.8 Å². The molecule has 192 valence electrons. The number of nitrogens with one attached hydrogen (secondary N) is 1. The van der Waals surface area contributed by atoms with Crippen LogP contribution in [0.3, 0.4) is 0 Å². The lowest BCUT2D eigenvalue weighted by atomic mass is 10.1. The number of hydrogen-bond donors (Lipinski definition) is 3. The van der Waals surface area contributed by atoms with Crippen molar-refractivity contribution in [1.29, 1.82) is 0 Å². The summed E-state index contributed by atoms with van der Waals surface area (Å²) in [5.41, 5.74) is 5.69. The van der Waals surface area contributed by atoms with Crippen molar-refractivity contribution in [2.45, 2.75) is 39.9 Å². The first-order valence-electron chi connectivity index (χ1n) is 12.4. The van der Waals surface area contributed by atoms with E-state index in [1.165, 1.54) is 16.8 Å². The summed E-state index contributed by atoms with van der Waals surface area (Å²) in [4.78, 5) is 17.7. The van der Waals surface area contributed by atoms with Crippen LogP contribution < -0.4 is 5.32 Å². The molecule has 1 aliphatic rings. The van der Waals surface area contributed by atoms with E-state index in [1.54, 1.807) is 0 Å². The lowest BCUT2D eigenvalue weighted by Crippen LogP contribution is -2.44. The maximum atomic E-state index is 12.8. The Labute approximate surface area is 210 Å². The molecule has 0 atom stereocenters. The SMILES string of the molecule is CCc1ccc(CNC(=O)c2ccc3c(c2)cc(CN2CCN(C)CC2)n3CC)cc1.CO.CO. The van der Waals surface area contributed by atoms with Gasteiger partial charge < -0.3 is 25.0 Å². The fraction of sp³-hybridized carbons (Fsp3) is 0.464. The molecular weight excluding hydrogens is 440 g/mol. The third-order valence-corrected chi connectivity index (χ3v) is 6.43. The van der Waals surface area contributed by atoms with Crippen LogP contribution in [-0.4, -0.2) is 77.9 Å². The second-order valence-electron chi connectivity index (χ2n) is 8.59. The van der Waals surface area contributed by atoms with Crippen molar-refractivity contribution in [2.24, 2.45) is 0 Å². The Hall–Kier alpha value is -2.71. The molecule has 0 unspecified atom stereocenters. The van der Waals surface area contributed by atoms with Crippen molar-refractivity contribution in [2.75, 3.05) is 47.4 Å². The zero-order valence-corrected chi connectivity index (χ0v) is 21.9. The molecule has 0 bridgehead atoms. The molecule has 2 heterocycles. The Kier molecular flexibility index (Phi) is 11.9. The van der Waals surface area contributed by atoms with Gasteiger partial charge in [-0.15, -0.1) is 0 Å². The molecule has 0 aliphatic carbocycles. The number of rotatable bonds is 7. The summed E-state index contributed by atoms with van der Waals surface area (Å²) < 4.78 is 2.38. The molecule has 1 amide bonds. The first-order chi connectivity index (χ1) is 17.1. The van der Waals surface area contributed by atoms with Gasteiger partial charge in [-0.1, -0.05) is 31.2 Å². The summed E-state index contributed by atoms with van der Waals surface area (Å²) in [6.07, 6.45) is 1.03. The zero-order valence-electron chi connectivity index (χ0n) is 21.9. The quantitative estimate of drug-likeness (QED) is 0.482. The van der Waals surface area contributed by atoms with Gasteiger partial charge in [0.15, 0.2) is 0 Å². The molecule has 0 saturated carbocycles. The van der Waals surface area contributed by atoms with E-state index >= 15 is 0 Å². The number of carbonyl (C=O) groups excluding carboxylic acids is 1. The molecule has 0 radical (unpaired) electrons. The lowest BCUT2D eigenvalue weighted by Gasteiger charge is -2.32. The predicted octanol–water partition coefficient (Wildman–Crippen LogP) is 3.12. The number of benzene rings is 2. The molecular formula is C28H42N4O3. The molecule has 0 spiro atoms. The lowest BCUT2D eigenvalue weighted by molar-refractivity contribution is 0.0951. The summed E-state index contributed by atoms with van der Waals surface area (Å²) in [6, 6.07) is 16.8. The van der Waals surface area contributed by atoms with Gasteiger partial charge in [-0.05, 0) is 55.8 Å². The van der Waals surface area contributed by atoms with E-state index in [9.17, 15) is 4.79 Å². The third kappa shape index (κ3) is 7.64. The minimum atomic E-state index is -0.0219. The first kappa shape index (κ1) is 28.5. The Morgan fingerprint density at radius 3 is 2.11 bits per heavy atom. The Morgan fingerprint density at radius 1 is 0.886 bits per heavy atom. The van der Waals surface area contributed by atoms with E-state index in [1.807, 2.05) is 12.1 Å². The highest BCUT2D eigenvalue weighted by atomic mass is 16.2. The largest absolute Gasteiger partial charge is 0.400 e. The summed E-state index contributed by atoms with van der Waals surface area (Å²) in [6.45, 7) is 11.2. The van der Waals surface area contributed by atoms with Crippen LogP contribution in [0.1, 0.15) is 41.0 Å². The molecule has 2 aromatic carbocycles. The molecule has 4 rings (SSSR count). The summed E-state index contributed by atoms with van der Waals surface area (Å²) in [5.74, 6) is -0.0219. The van der Waals surface area contributed by atoms with Crippen LogP contribution in [0.25, 0.3) is 10.9 Å². The van der Waals surface area contributed by atoms with Crippen LogP contribution in [0.4, 0.5) is 0 Å². The molecule has 35 heavy (non-hydrogen) atoms. The molecule has 1 aromatic heterocycles. The maximum absolute atomic E-state index is 12.8. The summed E-state index contributed by atoms with van der Waals surface area (Å²) >= 11 is 0. The van der Waals surface area contributed by atoms with E-state index in [0.29, 0.717) is 6.54 Å². The number of aromatic nitrogens is 1. The van der Waals surface area contributed by atoms with Gasteiger partial charge in [0.1, 0.15) is 0 Å². The van der Waals surface area contributed by atoms with Gasteiger partial charge in [0.05, 0.1) is 0 Å². The highest BCUT2D eigenvalue weighted by molar-refractivity contribution is 5.98. The van der Waals surface area contributed by atoms with Crippen molar-refractivity contribution in [3.05, 3.63) is 70.9 Å². The van der Waals surface area contributed by atoms with Crippen LogP contribution in [0.5, 0.6) is 0 Å². The van der Waals surface area contributed by atoms with Crippen LogP contribution in [0.15, 0.2) is 48.5 Å². The average Bonchev–Trinajstić information content (AvgIpc) is 3.27. The Bertz CT molecular complexity index is 1040. The number of nitrogens with zero attached hydrogens (tertiary/aromatic N) is 3. The number of amides is 1. The number of piperazine rings is 1. The van der Waals surface area contributed by atoms with Crippen LogP contribution in [0, 0.1) is 0 Å². The van der Waals surface area contributed by atoms with Crippen molar-refractivity contribution in [3.63, 3.8) is 0 Å². The topological polar surface area (TPSA) is 81.0 Å². The molecule has 1 fully saturated rings. The number of fused-ring (bicyclic) bond motifs is 1. The fourth-order valence-corrected chi connectivity index (χ4v) is 4.39. The minimum absolute atomic E-state index is 0.0219. The van der Waals surface area contributed by atoms with Gasteiger partial charge in [-0.3, -0.25) is 9.69 Å². The zero-order chi connectivity index (χ0) is 25.8. The van der Waals surface area contributed by atoms with E-state index < -0.39 is 0 Å². The third-order valence-electron chi connectivity index (χ3n) is 6.43.